The average molecular weight is 333 g/mol. The standard InChI is InChI=1S/C14H15NO5.C4H8/c1-19-13(17)12-7-11(16)8-15(12)14(18)20-9-10-5-3-2-4-6-10;1-4(2)3/h2-6,12H,7-9H2,1H3;1H2,2-3H3. The van der Waals surface area contributed by atoms with Crippen molar-refractivity contribution in [1.29, 1.82) is 0 Å². The minimum atomic E-state index is -0.879. The van der Waals surface area contributed by atoms with Gasteiger partial charge in [-0.05, 0) is 19.4 Å². The molecule has 1 aliphatic heterocycles. The number of amides is 1. The summed E-state index contributed by atoms with van der Waals surface area (Å²) in [5, 5.41) is 0. The number of ketones is 1. The van der Waals surface area contributed by atoms with E-state index in [9.17, 15) is 14.4 Å². The van der Waals surface area contributed by atoms with Crippen molar-refractivity contribution in [2.45, 2.75) is 32.9 Å². The van der Waals surface area contributed by atoms with E-state index >= 15 is 0 Å². The van der Waals surface area contributed by atoms with E-state index in [1.807, 2.05) is 44.2 Å². The van der Waals surface area contributed by atoms with Gasteiger partial charge in [0, 0.05) is 6.42 Å². The number of carbonyl (C=O) groups excluding carboxylic acids is 3. The molecule has 0 saturated carbocycles. The fourth-order valence-corrected chi connectivity index (χ4v) is 2.03. The van der Waals surface area contributed by atoms with Gasteiger partial charge in [-0.15, -0.1) is 6.58 Å². The summed E-state index contributed by atoms with van der Waals surface area (Å²) in [7, 11) is 1.22. The third-order valence-electron chi connectivity index (χ3n) is 3.06. The molecule has 1 heterocycles. The molecule has 1 aliphatic rings. The number of carbonyl (C=O) groups is 3. The molecule has 0 N–H and O–H groups in total. The first kappa shape index (κ1) is 19.4. The minimum Gasteiger partial charge on any atom is -0.467 e. The van der Waals surface area contributed by atoms with Crippen molar-refractivity contribution in [1.82, 2.24) is 4.90 Å². The molecule has 1 fully saturated rings. The summed E-state index contributed by atoms with van der Waals surface area (Å²) in [5.74, 6) is -0.787. The Balaban J connectivity index is 0.000000648. The Hall–Kier alpha value is -2.63. The van der Waals surface area contributed by atoms with Gasteiger partial charge in [-0.1, -0.05) is 35.9 Å². The maximum Gasteiger partial charge on any atom is 0.411 e. The molecule has 0 spiro atoms. The number of methoxy groups -OCH3 is 1. The van der Waals surface area contributed by atoms with Crippen LogP contribution in [-0.2, 0) is 25.7 Å². The lowest BCUT2D eigenvalue weighted by molar-refractivity contribution is -0.145. The number of hydrogen-bond acceptors (Lipinski definition) is 5. The molecule has 0 aromatic heterocycles. The zero-order chi connectivity index (χ0) is 18.1. The smallest absolute Gasteiger partial charge is 0.411 e. The van der Waals surface area contributed by atoms with Crippen LogP contribution < -0.4 is 0 Å². The van der Waals surface area contributed by atoms with Crippen molar-refractivity contribution in [3.63, 3.8) is 0 Å². The zero-order valence-electron chi connectivity index (χ0n) is 14.3. The molecule has 6 heteroatoms. The number of allylic oxidation sites excluding steroid dienone is 1. The molecule has 1 saturated heterocycles. The maximum atomic E-state index is 11.9. The van der Waals surface area contributed by atoms with Crippen molar-refractivity contribution < 1.29 is 23.9 Å². The van der Waals surface area contributed by atoms with Crippen molar-refractivity contribution in [3.05, 3.63) is 48.0 Å². The maximum absolute atomic E-state index is 11.9. The zero-order valence-corrected chi connectivity index (χ0v) is 14.3. The summed E-state index contributed by atoms with van der Waals surface area (Å²) >= 11 is 0. The van der Waals surface area contributed by atoms with E-state index < -0.39 is 18.1 Å². The van der Waals surface area contributed by atoms with Gasteiger partial charge in [0.25, 0.3) is 0 Å². The summed E-state index contributed by atoms with van der Waals surface area (Å²) in [4.78, 5) is 36.0. The Morgan fingerprint density at radius 1 is 1.25 bits per heavy atom. The molecular formula is C18H23NO5. The van der Waals surface area contributed by atoms with E-state index in [1.54, 1.807) is 0 Å². The SMILES string of the molecule is C=C(C)C.COC(=O)C1CC(=O)CN1C(=O)OCc1ccccc1. The van der Waals surface area contributed by atoms with Crippen LogP contribution in [0.15, 0.2) is 42.5 Å². The van der Waals surface area contributed by atoms with Gasteiger partial charge < -0.3 is 9.47 Å². The first-order valence-electron chi connectivity index (χ1n) is 7.54. The van der Waals surface area contributed by atoms with E-state index in [0.29, 0.717) is 0 Å². The van der Waals surface area contributed by atoms with Crippen molar-refractivity contribution in [3.8, 4) is 0 Å². The molecule has 0 bridgehead atoms. The molecule has 2 rings (SSSR count). The number of nitrogens with zero attached hydrogens (tertiary/aromatic N) is 1. The Labute approximate surface area is 142 Å². The molecule has 0 radical (unpaired) electrons. The van der Waals surface area contributed by atoms with Gasteiger partial charge >= 0.3 is 12.1 Å². The number of likely N-dealkylation sites (tertiary alicyclic amines) is 1. The number of ether oxygens (including phenoxy) is 2. The molecule has 130 valence electrons. The second-order valence-electron chi connectivity index (χ2n) is 5.66. The van der Waals surface area contributed by atoms with E-state index in [4.69, 9.17) is 4.74 Å². The van der Waals surface area contributed by atoms with Crippen LogP contribution in [0.5, 0.6) is 0 Å². The van der Waals surface area contributed by atoms with Gasteiger partial charge in [-0.3, -0.25) is 9.69 Å². The predicted octanol–water partition coefficient (Wildman–Crippen LogP) is 2.72. The van der Waals surface area contributed by atoms with Crippen molar-refractivity contribution >= 4 is 17.8 Å². The molecule has 24 heavy (non-hydrogen) atoms. The predicted molar refractivity (Wildman–Crippen MR) is 89.2 cm³/mol. The van der Waals surface area contributed by atoms with Gasteiger partial charge in [0.15, 0.2) is 5.78 Å². The molecule has 1 aromatic rings. The summed E-state index contributed by atoms with van der Waals surface area (Å²) in [6, 6.07) is 8.29. The van der Waals surface area contributed by atoms with Crippen LogP contribution in [0.1, 0.15) is 25.8 Å². The third-order valence-corrected chi connectivity index (χ3v) is 3.06. The summed E-state index contributed by atoms with van der Waals surface area (Å²) in [5.41, 5.74) is 2.00. The van der Waals surface area contributed by atoms with Crippen molar-refractivity contribution in [2.24, 2.45) is 0 Å². The Bertz CT molecular complexity index is 593. The van der Waals surface area contributed by atoms with Gasteiger partial charge in [-0.25, -0.2) is 9.59 Å². The highest BCUT2D eigenvalue weighted by Gasteiger charge is 2.40. The minimum absolute atomic E-state index is 0.0207. The van der Waals surface area contributed by atoms with E-state index in [0.717, 1.165) is 10.5 Å². The highest BCUT2D eigenvalue weighted by atomic mass is 16.6. The Morgan fingerprint density at radius 2 is 1.83 bits per heavy atom. The van der Waals surface area contributed by atoms with Crippen molar-refractivity contribution in [2.75, 3.05) is 13.7 Å². The molecule has 6 nitrogen and oxygen atoms in total. The number of Topliss-reactive ketones (excluding diaryl/α,β-unsaturated/α-hetero) is 1. The number of esters is 1. The number of benzene rings is 1. The molecule has 1 atom stereocenters. The fraction of sp³-hybridized carbons (Fsp3) is 0.389. The lowest BCUT2D eigenvalue weighted by atomic mass is 10.2. The normalized spacial score (nSPS) is 16.0. The lowest BCUT2D eigenvalue weighted by Crippen LogP contribution is -2.41. The van der Waals surface area contributed by atoms with Crippen LogP contribution in [0.25, 0.3) is 0 Å². The van der Waals surface area contributed by atoms with Gasteiger partial charge in [0.05, 0.1) is 13.7 Å². The Kier molecular flexibility index (Phi) is 7.68. The van der Waals surface area contributed by atoms with Gasteiger partial charge in [0.1, 0.15) is 12.6 Å². The first-order chi connectivity index (χ1) is 11.3. The topological polar surface area (TPSA) is 72.9 Å². The second kappa shape index (κ2) is 9.50. The van der Waals surface area contributed by atoms with Crippen LogP contribution in [0.4, 0.5) is 4.79 Å². The second-order valence-corrected chi connectivity index (χ2v) is 5.66. The average Bonchev–Trinajstić information content (AvgIpc) is 2.94. The lowest BCUT2D eigenvalue weighted by Gasteiger charge is -2.21. The number of rotatable bonds is 3. The largest absolute Gasteiger partial charge is 0.467 e. The monoisotopic (exact) mass is 333 g/mol. The van der Waals surface area contributed by atoms with Crippen LogP contribution in [-0.4, -0.2) is 42.4 Å². The van der Waals surface area contributed by atoms with Gasteiger partial charge in [0.2, 0.25) is 0 Å². The number of hydrogen-bond donors (Lipinski definition) is 0. The quantitative estimate of drug-likeness (QED) is 0.628. The molecular weight excluding hydrogens is 310 g/mol. The van der Waals surface area contributed by atoms with Crippen LogP contribution >= 0.6 is 0 Å². The summed E-state index contributed by atoms with van der Waals surface area (Å²) in [6.07, 6.45) is -0.706. The van der Waals surface area contributed by atoms with E-state index in [-0.39, 0.29) is 25.4 Å². The molecule has 1 aromatic carbocycles. The first-order valence-corrected chi connectivity index (χ1v) is 7.54. The summed E-state index contributed by atoms with van der Waals surface area (Å²) < 4.78 is 9.70. The highest BCUT2D eigenvalue weighted by Crippen LogP contribution is 2.17. The molecule has 0 aliphatic carbocycles. The van der Waals surface area contributed by atoms with Gasteiger partial charge in [-0.2, -0.15) is 0 Å². The highest BCUT2D eigenvalue weighted by molar-refractivity contribution is 5.95. The molecule has 1 unspecified atom stereocenters. The van der Waals surface area contributed by atoms with Crippen LogP contribution in [0.3, 0.4) is 0 Å². The summed E-state index contributed by atoms with van der Waals surface area (Å²) in [6.45, 7) is 7.48. The molecule has 1 amide bonds. The Morgan fingerprint density at radius 3 is 2.38 bits per heavy atom. The van der Waals surface area contributed by atoms with E-state index in [2.05, 4.69) is 11.3 Å². The van der Waals surface area contributed by atoms with Crippen LogP contribution in [0, 0.1) is 0 Å². The van der Waals surface area contributed by atoms with Crippen LogP contribution in [0.2, 0.25) is 0 Å². The third kappa shape index (κ3) is 6.24. The van der Waals surface area contributed by atoms with E-state index in [1.165, 1.54) is 12.7 Å². The fourth-order valence-electron chi connectivity index (χ4n) is 2.03.